The molecule has 1 aliphatic rings. The Morgan fingerprint density at radius 3 is 1.64 bits per heavy atom. The highest BCUT2D eigenvalue weighted by atomic mass is 16.6. The smallest absolute Gasteiger partial charge is 0.392 e. The molecule has 0 bridgehead atoms. The first-order valence-electron chi connectivity index (χ1n) is 8.63. The van der Waals surface area contributed by atoms with Crippen molar-refractivity contribution in [2.45, 2.75) is 63.7 Å². The van der Waals surface area contributed by atoms with Crippen molar-refractivity contribution < 1.29 is 33.8 Å². The Balaban J connectivity index is 2.57. The van der Waals surface area contributed by atoms with E-state index in [1.807, 2.05) is 0 Å². The van der Waals surface area contributed by atoms with Crippen molar-refractivity contribution >= 4 is 23.6 Å². The number of carbonyl (C=O) groups excluding carboxylic acids is 4. The number of hydrogen-bond acceptors (Lipinski definition) is 9. The van der Waals surface area contributed by atoms with Gasteiger partial charge in [-0.15, -0.1) is 0 Å². The molecule has 2 atom stereocenters. The molecule has 13 heteroatoms. The number of ketones is 1. The molecular weight excluding hydrogens is 380 g/mol. The molecule has 0 spiro atoms. The highest BCUT2D eigenvalue weighted by Gasteiger charge is 2.41. The number of Topliss-reactive ketones (excluding diaryl/α,β-unsaturated/α-hetero) is 1. The summed E-state index contributed by atoms with van der Waals surface area (Å²) in [5.74, 6) is -4.21. The molecule has 1 aliphatic carbocycles. The van der Waals surface area contributed by atoms with Gasteiger partial charge in [-0.05, 0) is 32.6 Å². The minimum Gasteiger partial charge on any atom is -0.460 e. The molecule has 28 heavy (non-hydrogen) atoms. The van der Waals surface area contributed by atoms with Crippen LogP contribution in [0.25, 0.3) is 0 Å². The van der Waals surface area contributed by atoms with Gasteiger partial charge in [-0.25, -0.2) is 4.79 Å². The van der Waals surface area contributed by atoms with Crippen LogP contribution < -0.4 is 10.6 Å². The summed E-state index contributed by atoms with van der Waals surface area (Å²) in [5, 5.41) is 26.6. The van der Waals surface area contributed by atoms with Crippen molar-refractivity contribution in [3.05, 3.63) is 20.2 Å². The van der Waals surface area contributed by atoms with Crippen molar-refractivity contribution in [3.8, 4) is 0 Å². The maximum Gasteiger partial charge on any atom is 0.392 e. The Bertz CT molecular complexity index is 644. The molecule has 0 aromatic carbocycles. The molecular formula is C15H22N4O9. The quantitative estimate of drug-likeness (QED) is 0.210. The van der Waals surface area contributed by atoms with Crippen LogP contribution in [-0.2, 0) is 23.9 Å². The average Bonchev–Trinajstić information content (AvgIpc) is 2.55. The zero-order valence-electron chi connectivity index (χ0n) is 15.4. The van der Waals surface area contributed by atoms with E-state index in [0.717, 1.165) is 6.92 Å². The van der Waals surface area contributed by atoms with Gasteiger partial charge in [0.1, 0.15) is 0 Å². The van der Waals surface area contributed by atoms with E-state index in [-0.39, 0.29) is 6.61 Å². The number of ether oxygens (including phenoxy) is 1. The molecule has 1 fully saturated rings. The number of hydrogen-bond donors (Lipinski definition) is 2. The lowest BCUT2D eigenvalue weighted by molar-refractivity contribution is -0.496. The zero-order valence-corrected chi connectivity index (χ0v) is 15.4. The molecule has 13 nitrogen and oxygen atoms in total. The number of carbonyl (C=O) groups is 4. The second kappa shape index (κ2) is 10.3. The highest BCUT2D eigenvalue weighted by molar-refractivity contribution is 6.03. The molecule has 0 aromatic rings. The molecule has 2 unspecified atom stereocenters. The summed E-state index contributed by atoms with van der Waals surface area (Å²) >= 11 is 0. The molecule has 0 radical (unpaired) electrons. The molecule has 0 saturated heterocycles. The van der Waals surface area contributed by atoms with Crippen LogP contribution in [0.5, 0.6) is 0 Å². The third kappa shape index (κ3) is 6.25. The van der Waals surface area contributed by atoms with Crippen LogP contribution in [0.4, 0.5) is 0 Å². The summed E-state index contributed by atoms with van der Waals surface area (Å²) < 4.78 is 4.53. The van der Waals surface area contributed by atoms with Crippen LogP contribution in [0, 0.1) is 20.2 Å². The molecule has 1 rings (SSSR count). The summed E-state index contributed by atoms with van der Waals surface area (Å²) in [5.41, 5.74) is 0. The largest absolute Gasteiger partial charge is 0.460 e. The van der Waals surface area contributed by atoms with E-state index in [1.54, 1.807) is 0 Å². The summed E-state index contributed by atoms with van der Waals surface area (Å²) in [7, 11) is 0. The Labute approximate surface area is 159 Å². The van der Waals surface area contributed by atoms with E-state index in [2.05, 4.69) is 15.4 Å². The number of nitrogens with zero attached hydrogens (tertiary/aromatic N) is 2. The Kier molecular flexibility index (Phi) is 8.41. The first-order valence-corrected chi connectivity index (χ1v) is 8.63. The second-order valence-electron chi connectivity index (χ2n) is 6.30. The third-order valence-electron chi connectivity index (χ3n) is 4.23. The van der Waals surface area contributed by atoms with Crippen molar-refractivity contribution in [3.63, 3.8) is 0 Å². The van der Waals surface area contributed by atoms with E-state index >= 15 is 0 Å². The maximum atomic E-state index is 12.0. The predicted molar refractivity (Wildman–Crippen MR) is 91.2 cm³/mol. The van der Waals surface area contributed by atoms with Crippen LogP contribution in [0.15, 0.2) is 0 Å². The monoisotopic (exact) mass is 402 g/mol. The fourth-order valence-corrected chi connectivity index (χ4v) is 2.88. The normalized spacial score (nSPS) is 20.9. The lowest BCUT2D eigenvalue weighted by atomic mass is 9.90. The fraction of sp³-hybridized carbons (Fsp3) is 0.733. The van der Waals surface area contributed by atoms with Gasteiger partial charge in [0.05, 0.1) is 6.61 Å². The van der Waals surface area contributed by atoms with Crippen LogP contribution in [0.3, 0.4) is 0 Å². The standard InChI is InChI=1S/C15H22N4O9/c1-3-28-15(23)12(19(26)27)14(22)17-10-6-4-9(5-7-10)16-13(21)11(8(2)20)18(24)25/h9-12H,3-7H2,1-2H3,(H,16,21)(H,17,22). The van der Waals surface area contributed by atoms with Crippen molar-refractivity contribution in [2.75, 3.05) is 6.61 Å². The molecule has 2 N–H and O–H groups in total. The van der Waals surface area contributed by atoms with E-state index in [0.29, 0.717) is 25.7 Å². The number of nitrogens with one attached hydrogen (secondary N) is 2. The highest BCUT2D eigenvalue weighted by Crippen LogP contribution is 2.19. The van der Waals surface area contributed by atoms with Crippen LogP contribution in [0.2, 0.25) is 0 Å². The van der Waals surface area contributed by atoms with Gasteiger partial charge in [0.15, 0.2) is 0 Å². The molecule has 0 aliphatic heterocycles. The molecule has 0 aromatic heterocycles. The average molecular weight is 402 g/mol. The lowest BCUT2D eigenvalue weighted by Crippen LogP contribution is -2.52. The van der Waals surface area contributed by atoms with Gasteiger partial charge < -0.3 is 15.4 Å². The van der Waals surface area contributed by atoms with E-state index in [1.165, 1.54) is 6.92 Å². The Hall–Kier alpha value is -3.12. The van der Waals surface area contributed by atoms with Gasteiger partial charge in [0, 0.05) is 28.9 Å². The summed E-state index contributed by atoms with van der Waals surface area (Å²) in [6, 6.07) is -5.02. The van der Waals surface area contributed by atoms with Gasteiger partial charge in [-0.3, -0.25) is 34.6 Å². The third-order valence-corrected chi connectivity index (χ3v) is 4.23. The molecule has 0 heterocycles. The lowest BCUT2D eigenvalue weighted by Gasteiger charge is -2.29. The fourth-order valence-electron chi connectivity index (χ4n) is 2.88. The second-order valence-corrected chi connectivity index (χ2v) is 6.30. The van der Waals surface area contributed by atoms with Crippen LogP contribution in [-0.4, -0.2) is 64.2 Å². The first kappa shape index (κ1) is 22.9. The van der Waals surface area contributed by atoms with Crippen molar-refractivity contribution in [1.29, 1.82) is 0 Å². The summed E-state index contributed by atoms with van der Waals surface area (Å²) in [6.45, 7) is 2.30. The SMILES string of the molecule is CCOC(=O)C(C(=O)NC1CCC(NC(=O)C(C(C)=O)[N+](=O)[O-])CC1)[N+](=O)[O-]. The minimum absolute atomic E-state index is 0.104. The maximum absolute atomic E-state index is 12.0. The van der Waals surface area contributed by atoms with E-state index in [4.69, 9.17) is 0 Å². The predicted octanol–water partition coefficient (Wildman–Crippen LogP) is -1.03. The van der Waals surface area contributed by atoms with Gasteiger partial charge >= 0.3 is 29.9 Å². The van der Waals surface area contributed by atoms with Gasteiger partial charge in [-0.2, -0.15) is 0 Å². The molecule has 156 valence electrons. The van der Waals surface area contributed by atoms with Crippen molar-refractivity contribution in [1.82, 2.24) is 10.6 Å². The van der Waals surface area contributed by atoms with Gasteiger partial charge in [-0.1, -0.05) is 0 Å². The van der Waals surface area contributed by atoms with Crippen LogP contribution >= 0.6 is 0 Å². The first-order chi connectivity index (χ1) is 13.1. The topological polar surface area (TPSA) is 188 Å². The molecule has 2 amide bonds. The number of nitro groups is 2. The van der Waals surface area contributed by atoms with Crippen molar-refractivity contribution in [2.24, 2.45) is 0 Å². The Morgan fingerprint density at radius 2 is 1.32 bits per heavy atom. The number of amides is 2. The van der Waals surface area contributed by atoms with E-state index in [9.17, 15) is 39.4 Å². The number of rotatable bonds is 9. The Morgan fingerprint density at radius 1 is 0.929 bits per heavy atom. The summed E-state index contributed by atoms with van der Waals surface area (Å²) in [6.07, 6.45) is 1.32. The summed E-state index contributed by atoms with van der Waals surface area (Å²) in [4.78, 5) is 66.5. The minimum atomic E-state index is -2.16. The zero-order chi connectivity index (χ0) is 21.4. The van der Waals surface area contributed by atoms with Gasteiger partial charge in [0.25, 0.3) is 0 Å². The number of esters is 1. The van der Waals surface area contributed by atoms with E-state index < -0.39 is 57.6 Å². The molecule has 1 saturated carbocycles. The van der Waals surface area contributed by atoms with Gasteiger partial charge in [0.2, 0.25) is 5.78 Å². The van der Waals surface area contributed by atoms with Crippen LogP contribution in [0.1, 0.15) is 39.5 Å².